The molecule has 45 heavy (non-hydrogen) atoms. The molecule has 0 spiro atoms. The van der Waals surface area contributed by atoms with Gasteiger partial charge in [0.2, 0.25) is 5.91 Å². The first-order valence-corrected chi connectivity index (χ1v) is 15.5. The lowest BCUT2D eigenvalue weighted by Gasteiger charge is -2.43. The summed E-state index contributed by atoms with van der Waals surface area (Å²) in [5.74, 6) is -1.14. The van der Waals surface area contributed by atoms with Crippen molar-refractivity contribution in [1.29, 1.82) is 0 Å². The SMILES string of the molecule is C[C@H]1[C@@H](CN(C)[C@H](C)c2ccc3ccccc3c2)O[C@@H](c2cccc(NC(=O)CCCC(=O)O)c2)O[C@H]1c1ccc(CO)cc1. The number of fused-ring (bicyclic) bond motifs is 1. The van der Waals surface area contributed by atoms with Crippen LogP contribution in [0.3, 0.4) is 0 Å². The quantitative estimate of drug-likeness (QED) is 0.158. The van der Waals surface area contributed by atoms with Crippen molar-refractivity contribution in [3.63, 3.8) is 0 Å². The van der Waals surface area contributed by atoms with Crippen molar-refractivity contribution in [1.82, 2.24) is 4.90 Å². The maximum absolute atomic E-state index is 12.5. The van der Waals surface area contributed by atoms with E-state index in [0.29, 0.717) is 12.2 Å². The number of benzene rings is 4. The molecule has 1 aliphatic heterocycles. The van der Waals surface area contributed by atoms with E-state index in [0.717, 1.165) is 16.7 Å². The Bertz CT molecular complexity index is 1610. The molecule has 0 radical (unpaired) electrons. The monoisotopic (exact) mass is 610 g/mol. The smallest absolute Gasteiger partial charge is 0.303 e. The number of aliphatic hydroxyl groups is 1. The molecular weight excluding hydrogens is 568 g/mol. The number of carboxylic acid groups (broad SMARTS) is 1. The molecule has 1 heterocycles. The van der Waals surface area contributed by atoms with Gasteiger partial charge in [-0.25, -0.2) is 0 Å². The first kappa shape index (κ1) is 32.3. The summed E-state index contributed by atoms with van der Waals surface area (Å²) in [6.07, 6.45) is -0.765. The number of nitrogens with zero attached hydrogens (tertiary/aromatic N) is 1. The van der Waals surface area contributed by atoms with Crippen molar-refractivity contribution in [3.8, 4) is 0 Å². The molecule has 0 unspecified atom stereocenters. The average molecular weight is 611 g/mol. The van der Waals surface area contributed by atoms with Gasteiger partial charge in [0, 0.05) is 42.6 Å². The van der Waals surface area contributed by atoms with Crippen LogP contribution in [-0.2, 0) is 25.7 Å². The number of hydrogen-bond donors (Lipinski definition) is 3. The second kappa shape index (κ2) is 14.8. The normalized spacial score (nSPS) is 20.6. The molecule has 8 nitrogen and oxygen atoms in total. The molecule has 4 aromatic rings. The zero-order chi connectivity index (χ0) is 31.9. The Morgan fingerprint density at radius 1 is 0.889 bits per heavy atom. The number of likely N-dealkylation sites (N-methyl/N-ethyl adjacent to an activating group) is 1. The number of aliphatic carboxylic acids is 1. The van der Waals surface area contributed by atoms with Crippen molar-refractivity contribution >= 4 is 28.3 Å². The van der Waals surface area contributed by atoms with Gasteiger partial charge in [0.25, 0.3) is 0 Å². The van der Waals surface area contributed by atoms with Crippen LogP contribution in [-0.4, -0.2) is 46.7 Å². The second-order valence-electron chi connectivity index (χ2n) is 12.0. The van der Waals surface area contributed by atoms with Crippen molar-refractivity contribution in [2.24, 2.45) is 5.92 Å². The summed E-state index contributed by atoms with van der Waals surface area (Å²) in [5.41, 5.74) is 4.45. The number of rotatable bonds is 12. The number of aliphatic hydroxyl groups excluding tert-OH is 1. The molecule has 3 N–H and O–H groups in total. The molecule has 0 aromatic heterocycles. The van der Waals surface area contributed by atoms with Crippen molar-refractivity contribution < 1.29 is 29.3 Å². The summed E-state index contributed by atoms with van der Waals surface area (Å²) < 4.78 is 13.3. The van der Waals surface area contributed by atoms with E-state index < -0.39 is 12.3 Å². The Morgan fingerprint density at radius 3 is 2.38 bits per heavy atom. The first-order valence-electron chi connectivity index (χ1n) is 15.5. The molecule has 0 bridgehead atoms. The number of anilines is 1. The largest absolute Gasteiger partial charge is 0.481 e. The zero-order valence-electron chi connectivity index (χ0n) is 26.1. The van der Waals surface area contributed by atoms with E-state index in [1.54, 1.807) is 6.07 Å². The van der Waals surface area contributed by atoms with Gasteiger partial charge >= 0.3 is 5.97 Å². The van der Waals surface area contributed by atoms with E-state index >= 15 is 0 Å². The summed E-state index contributed by atoms with van der Waals surface area (Å²) in [4.78, 5) is 25.6. The van der Waals surface area contributed by atoms with Crippen LogP contribution in [0.1, 0.15) is 73.8 Å². The van der Waals surface area contributed by atoms with E-state index in [-0.39, 0.29) is 55.9 Å². The lowest BCUT2D eigenvalue weighted by Crippen LogP contribution is -2.44. The number of hydrogen-bond acceptors (Lipinski definition) is 6. The fraction of sp³-hybridized carbons (Fsp3) is 0.351. The first-order chi connectivity index (χ1) is 21.7. The van der Waals surface area contributed by atoms with Gasteiger partial charge in [-0.3, -0.25) is 14.5 Å². The average Bonchev–Trinajstić information content (AvgIpc) is 3.05. The highest BCUT2D eigenvalue weighted by Crippen LogP contribution is 2.42. The van der Waals surface area contributed by atoms with Crippen LogP contribution in [0.15, 0.2) is 91.0 Å². The predicted octanol–water partition coefficient (Wildman–Crippen LogP) is 7.01. The van der Waals surface area contributed by atoms with Gasteiger partial charge in [-0.05, 0) is 66.1 Å². The van der Waals surface area contributed by atoms with E-state index in [1.807, 2.05) is 42.5 Å². The number of ether oxygens (including phenoxy) is 2. The highest BCUT2D eigenvalue weighted by molar-refractivity contribution is 5.91. The number of carboxylic acids is 1. The van der Waals surface area contributed by atoms with Crippen LogP contribution in [0.5, 0.6) is 0 Å². The molecule has 1 amide bonds. The Balaban J connectivity index is 1.36. The summed E-state index contributed by atoms with van der Waals surface area (Å²) >= 11 is 0. The maximum atomic E-state index is 12.5. The van der Waals surface area contributed by atoms with E-state index in [2.05, 4.69) is 73.6 Å². The van der Waals surface area contributed by atoms with E-state index in [4.69, 9.17) is 14.6 Å². The molecule has 8 heteroatoms. The van der Waals surface area contributed by atoms with Crippen molar-refractivity contribution in [3.05, 3.63) is 113 Å². The molecule has 5 rings (SSSR count). The Morgan fingerprint density at radius 2 is 1.64 bits per heavy atom. The van der Waals surface area contributed by atoms with Gasteiger partial charge in [0.1, 0.15) is 0 Å². The molecule has 0 saturated carbocycles. The Labute approximate surface area is 264 Å². The number of carbonyl (C=O) groups is 2. The van der Waals surface area contributed by atoms with Gasteiger partial charge in [0.15, 0.2) is 6.29 Å². The number of nitrogens with one attached hydrogen (secondary N) is 1. The minimum atomic E-state index is -0.918. The molecule has 4 aromatic carbocycles. The van der Waals surface area contributed by atoms with Gasteiger partial charge in [-0.15, -0.1) is 0 Å². The third-order valence-corrected chi connectivity index (χ3v) is 8.75. The Hall–Kier alpha value is -4.08. The zero-order valence-corrected chi connectivity index (χ0v) is 26.1. The number of amides is 1. The lowest BCUT2D eigenvalue weighted by molar-refractivity contribution is -0.276. The third-order valence-electron chi connectivity index (χ3n) is 8.75. The van der Waals surface area contributed by atoms with Crippen LogP contribution in [0.4, 0.5) is 5.69 Å². The van der Waals surface area contributed by atoms with Crippen LogP contribution in [0, 0.1) is 5.92 Å². The minimum Gasteiger partial charge on any atom is -0.481 e. The van der Waals surface area contributed by atoms with Crippen LogP contribution >= 0.6 is 0 Å². The number of carbonyl (C=O) groups excluding carboxylic acids is 1. The molecule has 236 valence electrons. The predicted molar refractivity (Wildman–Crippen MR) is 175 cm³/mol. The fourth-order valence-corrected chi connectivity index (χ4v) is 5.88. The standard InChI is InChI=1S/C37H42N2O6/c1-24-33(22-39(3)25(2)29-19-18-27-8-4-5-9-30(27)20-29)44-37(45-36(24)28-16-14-26(23-40)15-17-28)31-10-6-11-32(21-31)38-34(41)12-7-13-35(42)43/h4-6,8-11,14-21,24-25,33,36-37,40H,7,12-13,22-23H2,1-3H3,(H,38,41)(H,42,43)/t24-,25+,33+,36+,37+/m0/s1. The summed E-state index contributed by atoms with van der Waals surface area (Å²) in [5, 5.41) is 23.8. The molecule has 5 atom stereocenters. The molecule has 1 aliphatic rings. The minimum absolute atomic E-state index is 0.0181. The topological polar surface area (TPSA) is 108 Å². The van der Waals surface area contributed by atoms with Gasteiger partial charge in [0.05, 0.1) is 18.8 Å². The lowest BCUT2D eigenvalue weighted by atomic mass is 9.89. The molecule has 1 saturated heterocycles. The molecule has 0 aliphatic carbocycles. The van der Waals surface area contributed by atoms with Crippen LogP contribution < -0.4 is 5.32 Å². The van der Waals surface area contributed by atoms with Crippen molar-refractivity contribution in [2.75, 3.05) is 18.9 Å². The maximum Gasteiger partial charge on any atom is 0.303 e. The van der Waals surface area contributed by atoms with Gasteiger partial charge in [-0.2, -0.15) is 0 Å². The van der Waals surface area contributed by atoms with Crippen molar-refractivity contribution in [2.45, 2.75) is 64.3 Å². The van der Waals surface area contributed by atoms with Crippen LogP contribution in [0.2, 0.25) is 0 Å². The summed E-state index contributed by atoms with van der Waals surface area (Å²) in [6.45, 7) is 5.00. The van der Waals surface area contributed by atoms with E-state index in [1.165, 1.54) is 16.3 Å². The summed E-state index contributed by atoms with van der Waals surface area (Å²) in [6, 6.07) is 30.4. The van der Waals surface area contributed by atoms with E-state index in [9.17, 15) is 14.7 Å². The highest BCUT2D eigenvalue weighted by atomic mass is 16.7. The molecule has 1 fully saturated rings. The molecular formula is C37H42N2O6. The van der Waals surface area contributed by atoms with Crippen LogP contribution in [0.25, 0.3) is 10.8 Å². The van der Waals surface area contributed by atoms with Gasteiger partial charge in [-0.1, -0.05) is 79.7 Å². The Kier molecular flexibility index (Phi) is 10.6. The van der Waals surface area contributed by atoms with Gasteiger partial charge < -0.3 is 25.0 Å². The fourth-order valence-electron chi connectivity index (χ4n) is 5.88. The highest BCUT2D eigenvalue weighted by Gasteiger charge is 2.39. The summed E-state index contributed by atoms with van der Waals surface area (Å²) in [7, 11) is 2.12. The third kappa shape index (κ3) is 8.15. The second-order valence-corrected chi connectivity index (χ2v) is 12.0.